The van der Waals surface area contributed by atoms with Crippen molar-refractivity contribution in [3.63, 3.8) is 0 Å². The van der Waals surface area contributed by atoms with E-state index in [4.69, 9.17) is 4.74 Å². The summed E-state index contributed by atoms with van der Waals surface area (Å²) in [6.45, 7) is 0.245. The Kier molecular flexibility index (Phi) is 4.04. The van der Waals surface area contributed by atoms with Crippen molar-refractivity contribution in [2.24, 2.45) is 0 Å². The van der Waals surface area contributed by atoms with Gasteiger partial charge in [0.05, 0.1) is 7.11 Å². The average molecular weight is 269 g/mol. The molecule has 0 radical (unpaired) electrons. The van der Waals surface area contributed by atoms with E-state index < -0.39 is 24.1 Å². The molecule has 0 saturated carbocycles. The standard InChI is InChI=1S/C12H19N3O4/c1-13-7-6-14-10(16)8-4-3-5-9(12(18)19-2)15(8)11(7)17/h7-9,13H,3-6H2,1-2H3,(H,14,16). The second kappa shape index (κ2) is 5.56. The molecule has 2 saturated heterocycles. The highest BCUT2D eigenvalue weighted by Gasteiger charge is 2.45. The number of ether oxygens (including phenoxy) is 1. The van der Waals surface area contributed by atoms with Gasteiger partial charge < -0.3 is 20.3 Å². The Labute approximate surface area is 111 Å². The zero-order valence-electron chi connectivity index (χ0n) is 11.1. The van der Waals surface area contributed by atoms with E-state index in [2.05, 4.69) is 10.6 Å². The van der Waals surface area contributed by atoms with Crippen molar-refractivity contribution in [3.05, 3.63) is 0 Å². The van der Waals surface area contributed by atoms with Crippen LogP contribution in [-0.2, 0) is 19.1 Å². The van der Waals surface area contributed by atoms with Gasteiger partial charge in [-0.2, -0.15) is 0 Å². The number of esters is 1. The summed E-state index contributed by atoms with van der Waals surface area (Å²) < 4.78 is 4.75. The molecule has 3 unspecified atom stereocenters. The number of piperidine rings is 1. The number of amides is 2. The quantitative estimate of drug-likeness (QED) is 0.604. The van der Waals surface area contributed by atoms with Gasteiger partial charge in [0.1, 0.15) is 18.1 Å². The molecule has 0 aromatic carbocycles. The molecule has 7 heteroatoms. The minimum absolute atomic E-state index is 0.195. The molecule has 0 aliphatic carbocycles. The molecule has 7 nitrogen and oxygen atoms in total. The lowest BCUT2D eigenvalue weighted by atomic mass is 9.94. The van der Waals surface area contributed by atoms with Crippen molar-refractivity contribution in [2.75, 3.05) is 20.7 Å². The maximum absolute atomic E-state index is 12.5. The van der Waals surface area contributed by atoms with Crippen LogP contribution in [0.4, 0.5) is 0 Å². The zero-order valence-corrected chi connectivity index (χ0v) is 11.1. The fourth-order valence-electron chi connectivity index (χ4n) is 2.75. The maximum atomic E-state index is 12.5. The summed E-state index contributed by atoms with van der Waals surface area (Å²) in [6, 6.07) is -1.72. The van der Waals surface area contributed by atoms with Crippen LogP contribution in [0.3, 0.4) is 0 Å². The highest BCUT2D eigenvalue weighted by molar-refractivity contribution is 5.95. The number of carbonyl (C=O) groups is 3. The Morgan fingerprint density at radius 3 is 2.79 bits per heavy atom. The van der Waals surface area contributed by atoms with Crippen LogP contribution in [0.2, 0.25) is 0 Å². The molecule has 2 N–H and O–H groups in total. The second-order valence-electron chi connectivity index (χ2n) is 4.82. The van der Waals surface area contributed by atoms with E-state index in [0.717, 1.165) is 6.42 Å². The monoisotopic (exact) mass is 269 g/mol. The topological polar surface area (TPSA) is 87.7 Å². The fraction of sp³-hybridized carbons (Fsp3) is 0.750. The van der Waals surface area contributed by atoms with Crippen LogP contribution in [0.25, 0.3) is 0 Å². The highest BCUT2D eigenvalue weighted by atomic mass is 16.5. The van der Waals surface area contributed by atoms with Crippen LogP contribution in [-0.4, -0.2) is 61.5 Å². The van der Waals surface area contributed by atoms with Gasteiger partial charge in [-0.1, -0.05) is 0 Å². The molecule has 2 aliphatic rings. The zero-order chi connectivity index (χ0) is 14.0. The number of fused-ring (bicyclic) bond motifs is 1. The first-order valence-corrected chi connectivity index (χ1v) is 6.45. The Morgan fingerprint density at radius 1 is 1.42 bits per heavy atom. The normalized spacial score (nSPS) is 31.3. The lowest BCUT2D eigenvalue weighted by molar-refractivity contribution is -0.159. The van der Waals surface area contributed by atoms with E-state index in [9.17, 15) is 14.4 Å². The summed E-state index contributed by atoms with van der Waals surface area (Å²) in [5, 5.41) is 5.60. The Morgan fingerprint density at radius 2 is 2.16 bits per heavy atom. The van der Waals surface area contributed by atoms with Crippen molar-refractivity contribution in [3.8, 4) is 0 Å². The smallest absolute Gasteiger partial charge is 0.328 e. The number of carbonyl (C=O) groups excluding carboxylic acids is 3. The first-order chi connectivity index (χ1) is 9.10. The van der Waals surface area contributed by atoms with Crippen molar-refractivity contribution in [2.45, 2.75) is 37.4 Å². The number of likely N-dealkylation sites (N-methyl/N-ethyl adjacent to an activating group) is 1. The lowest BCUT2D eigenvalue weighted by Crippen LogP contribution is -2.59. The highest BCUT2D eigenvalue weighted by Crippen LogP contribution is 2.26. The van der Waals surface area contributed by atoms with Gasteiger partial charge in [0.25, 0.3) is 0 Å². The van der Waals surface area contributed by atoms with Gasteiger partial charge >= 0.3 is 5.97 Å². The molecule has 0 aromatic rings. The van der Waals surface area contributed by atoms with E-state index in [0.29, 0.717) is 12.8 Å². The Hall–Kier alpha value is -1.63. The molecule has 2 rings (SSSR count). The molecule has 2 fully saturated rings. The third-order valence-corrected chi connectivity index (χ3v) is 3.78. The van der Waals surface area contributed by atoms with Crippen LogP contribution in [0.15, 0.2) is 0 Å². The molecule has 2 amide bonds. The third kappa shape index (κ3) is 2.42. The molecule has 19 heavy (non-hydrogen) atoms. The Balaban J connectivity index is 2.33. The molecule has 3 atom stereocenters. The van der Waals surface area contributed by atoms with Gasteiger partial charge in [0, 0.05) is 6.54 Å². The molecular formula is C12H19N3O4. The van der Waals surface area contributed by atoms with Crippen molar-refractivity contribution < 1.29 is 19.1 Å². The number of rotatable bonds is 2. The van der Waals surface area contributed by atoms with E-state index in [1.54, 1.807) is 7.05 Å². The first-order valence-electron chi connectivity index (χ1n) is 6.45. The minimum Gasteiger partial charge on any atom is -0.467 e. The molecule has 0 bridgehead atoms. The molecular weight excluding hydrogens is 250 g/mol. The summed E-state index contributed by atoms with van der Waals surface area (Å²) in [4.78, 5) is 37.7. The fourth-order valence-corrected chi connectivity index (χ4v) is 2.75. The molecule has 0 aromatic heterocycles. The van der Waals surface area contributed by atoms with Crippen LogP contribution in [0.5, 0.6) is 0 Å². The summed E-state index contributed by atoms with van der Waals surface area (Å²) in [5.41, 5.74) is 0. The minimum atomic E-state index is -0.657. The molecule has 106 valence electrons. The predicted molar refractivity (Wildman–Crippen MR) is 66.1 cm³/mol. The summed E-state index contributed by atoms with van der Waals surface area (Å²) in [7, 11) is 2.95. The van der Waals surface area contributed by atoms with E-state index >= 15 is 0 Å². The molecule has 2 heterocycles. The average Bonchev–Trinajstić information content (AvgIpc) is 2.56. The van der Waals surface area contributed by atoms with Gasteiger partial charge in [0.2, 0.25) is 11.8 Å². The Bertz CT molecular complexity index is 398. The van der Waals surface area contributed by atoms with Crippen LogP contribution in [0, 0.1) is 0 Å². The molecule has 0 spiro atoms. The summed E-state index contributed by atoms with van der Waals surface area (Å²) in [5.74, 6) is -0.872. The molecule has 2 aliphatic heterocycles. The van der Waals surface area contributed by atoms with Gasteiger partial charge in [-0.3, -0.25) is 9.59 Å². The van der Waals surface area contributed by atoms with Crippen molar-refractivity contribution in [1.29, 1.82) is 0 Å². The van der Waals surface area contributed by atoms with Crippen LogP contribution in [0.1, 0.15) is 19.3 Å². The second-order valence-corrected chi connectivity index (χ2v) is 4.82. The van der Waals surface area contributed by atoms with Crippen molar-refractivity contribution >= 4 is 17.8 Å². The summed E-state index contributed by atoms with van der Waals surface area (Å²) in [6.07, 6.45) is 1.85. The van der Waals surface area contributed by atoms with Gasteiger partial charge in [-0.15, -0.1) is 0 Å². The largest absolute Gasteiger partial charge is 0.467 e. The number of hydrogen-bond acceptors (Lipinski definition) is 5. The summed E-state index contributed by atoms with van der Waals surface area (Å²) >= 11 is 0. The third-order valence-electron chi connectivity index (χ3n) is 3.78. The van der Waals surface area contributed by atoms with E-state index in [1.807, 2.05) is 0 Å². The van der Waals surface area contributed by atoms with Crippen LogP contribution < -0.4 is 10.6 Å². The SMILES string of the molecule is CNC1CNC(=O)C2CCCC(C(=O)OC)N2C1=O. The first kappa shape index (κ1) is 13.8. The van der Waals surface area contributed by atoms with Gasteiger partial charge in [-0.25, -0.2) is 4.79 Å². The number of nitrogens with one attached hydrogen (secondary N) is 2. The van der Waals surface area contributed by atoms with Gasteiger partial charge in [0.15, 0.2) is 0 Å². The van der Waals surface area contributed by atoms with Crippen LogP contribution >= 0.6 is 0 Å². The van der Waals surface area contributed by atoms with Crippen molar-refractivity contribution in [1.82, 2.24) is 15.5 Å². The van der Waals surface area contributed by atoms with E-state index in [-0.39, 0.29) is 18.4 Å². The van der Waals surface area contributed by atoms with Gasteiger partial charge in [-0.05, 0) is 26.3 Å². The number of nitrogens with zero attached hydrogens (tertiary/aromatic N) is 1. The predicted octanol–water partition coefficient (Wildman–Crippen LogP) is -1.37. The number of methoxy groups -OCH3 is 1. The van der Waals surface area contributed by atoms with E-state index in [1.165, 1.54) is 12.0 Å². The number of hydrogen-bond donors (Lipinski definition) is 2. The lowest BCUT2D eigenvalue weighted by Gasteiger charge is -2.39. The maximum Gasteiger partial charge on any atom is 0.328 e.